The van der Waals surface area contributed by atoms with E-state index in [0.717, 1.165) is 5.92 Å². The van der Waals surface area contributed by atoms with Gasteiger partial charge in [-0.2, -0.15) is 0 Å². The second-order valence-corrected chi connectivity index (χ2v) is 7.20. The van der Waals surface area contributed by atoms with E-state index < -0.39 is 0 Å². The van der Waals surface area contributed by atoms with Crippen molar-refractivity contribution in [2.45, 2.75) is 77.9 Å². The minimum Gasteiger partial charge on any atom is -0.367 e. The Morgan fingerprint density at radius 1 is 1.00 bits per heavy atom. The maximum atomic E-state index is 6.36. The molecule has 2 fully saturated rings. The monoisotopic (exact) mass is 234 g/mol. The molecule has 3 aliphatic rings. The molecule has 1 heteroatoms. The standard InChI is InChI=1S/C16H26O/c1-15(2)14-12-8-6-5-7-11(12)9-10-13(14)17-16(15,3)4/h11,13H,5-10H2,1-4H3. The van der Waals surface area contributed by atoms with E-state index in [1.165, 1.54) is 38.5 Å². The van der Waals surface area contributed by atoms with E-state index in [1.54, 1.807) is 11.1 Å². The number of ether oxygens (including phenoxy) is 1. The fraction of sp³-hybridized carbons (Fsp3) is 0.875. The van der Waals surface area contributed by atoms with E-state index in [1.807, 2.05) is 0 Å². The summed E-state index contributed by atoms with van der Waals surface area (Å²) in [6.07, 6.45) is 8.69. The van der Waals surface area contributed by atoms with E-state index in [9.17, 15) is 0 Å². The highest BCUT2D eigenvalue weighted by molar-refractivity contribution is 5.36. The van der Waals surface area contributed by atoms with Crippen molar-refractivity contribution in [1.82, 2.24) is 0 Å². The smallest absolute Gasteiger partial charge is 0.0801 e. The second kappa shape index (κ2) is 3.60. The maximum Gasteiger partial charge on any atom is 0.0801 e. The molecule has 0 aromatic heterocycles. The summed E-state index contributed by atoms with van der Waals surface area (Å²) in [4.78, 5) is 0. The van der Waals surface area contributed by atoms with Crippen LogP contribution in [0.25, 0.3) is 0 Å². The average Bonchev–Trinajstić information content (AvgIpc) is 2.45. The first-order valence-electron chi connectivity index (χ1n) is 7.35. The molecule has 96 valence electrons. The summed E-state index contributed by atoms with van der Waals surface area (Å²) in [6.45, 7) is 9.34. The van der Waals surface area contributed by atoms with Gasteiger partial charge in [-0.25, -0.2) is 0 Å². The Kier molecular flexibility index (Phi) is 2.49. The Morgan fingerprint density at radius 2 is 1.76 bits per heavy atom. The number of allylic oxidation sites excluding steroid dienone is 1. The summed E-state index contributed by atoms with van der Waals surface area (Å²) in [7, 11) is 0. The molecule has 0 aromatic carbocycles. The van der Waals surface area contributed by atoms with E-state index in [4.69, 9.17) is 4.74 Å². The van der Waals surface area contributed by atoms with Gasteiger partial charge in [0.1, 0.15) is 0 Å². The minimum absolute atomic E-state index is 0.00629. The van der Waals surface area contributed by atoms with Crippen LogP contribution in [0.5, 0.6) is 0 Å². The number of hydrogen-bond donors (Lipinski definition) is 0. The summed E-state index contributed by atoms with van der Waals surface area (Å²) in [5.41, 5.74) is 3.72. The van der Waals surface area contributed by atoms with E-state index in [0.29, 0.717) is 6.10 Å². The van der Waals surface area contributed by atoms with Gasteiger partial charge in [0.2, 0.25) is 0 Å². The SMILES string of the molecule is CC1(C)OC2CCC3CCCCC3=C2C1(C)C. The maximum absolute atomic E-state index is 6.36. The van der Waals surface area contributed by atoms with Gasteiger partial charge < -0.3 is 4.74 Å². The van der Waals surface area contributed by atoms with E-state index >= 15 is 0 Å². The number of hydrogen-bond acceptors (Lipinski definition) is 1. The van der Waals surface area contributed by atoms with Crippen molar-refractivity contribution in [2.75, 3.05) is 0 Å². The van der Waals surface area contributed by atoms with Gasteiger partial charge in [0.15, 0.2) is 0 Å². The quantitative estimate of drug-likeness (QED) is 0.562. The first kappa shape index (κ1) is 11.8. The molecule has 0 amide bonds. The molecule has 0 radical (unpaired) electrons. The molecule has 1 saturated heterocycles. The Hall–Kier alpha value is -0.300. The van der Waals surface area contributed by atoms with E-state index in [2.05, 4.69) is 27.7 Å². The third-order valence-electron chi connectivity index (χ3n) is 5.80. The third kappa shape index (κ3) is 1.54. The molecule has 1 saturated carbocycles. The Bertz CT molecular complexity index is 362. The zero-order valence-corrected chi connectivity index (χ0v) is 11.8. The fourth-order valence-corrected chi connectivity index (χ4v) is 4.21. The van der Waals surface area contributed by atoms with Crippen molar-refractivity contribution in [1.29, 1.82) is 0 Å². The molecule has 0 bridgehead atoms. The van der Waals surface area contributed by atoms with Crippen LogP contribution in [0, 0.1) is 11.3 Å². The van der Waals surface area contributed by atoms with Gasteiger partial charge in [-0.1, -0.05) is 25.8 Å². The average molecular weight is 234 g/mol. The molecule has 17 heavy (non-hydrogen) atoms. The summed E-state index contributed by atoms with van der Waals surface area (Å²) in [6, 6.07) is 0. The molecule has 2 aliphatic carbocycles. The number of rotatable bonds is 0. The van der Waals surface area contributed by atoms with Crippen molar-refractivity contribution in [3.05, 3.63) is 11.1 Å². The van der Waals surface area contributed by atoms with Gasteiger partial charge in [-0.05, 0) is 57.4 Å². The van der Waals surface area contributed by atoms with Gasteiger partial charge in [-0.15, -0.1) is 0 Å². The van der Waals surface area contributed by atoms with Gasteiger partial charge in [-0.3, -0.25) is 0 Å². The highest BCUT2D eigenvalue weighted by Gasteiger charge is 2.54. The highest BCUT2D eigenvalue weighted by atomic mass is 16.5. The lowest BCUT2D eigenvalue weighted by atomic mass is 9.64. The molecule has 0 aromatic rings. The third-order valence-corrected chi connectivity index (χ3v) is 5.80. The van der Waals surface area contributed by atoms with E-state index in [-0.39, 0.29) is 11.0 Å². The molecular formula is C16H26O. The van der Waals surface area contributed by atoms with Crippen molar-refractivity contribution in [3.8, 4) is 0 Å². The van der Waals surface area contributed by atoms with Crippen LogP contribution in [0.2, 0.25) is 0 Å². The van der Waals surface area contributed by atoms with Crippen LogP contribution in [-0.4, -0.2) is 11.7 Å². The Labute approximate surface area is 106 Å². The van der Waals surface area contributed by atoms with Crippen molar-refractivity contribution in [3.63, 3.8) is 0 Å². The fourth-order valence-electron chi connectivity index (χ4n) is 4.21. The van der Waals surface area contributed by atoms with Crippen LogP contribution in [0.3, 0.4) is 0 Å². The minimum atomic E-state index is 0.00629. The number of fused-ring (bicyclic) bond motifs is 2. The van der Waals surface area contributed by atoms with Gasteiger partial charge in [0.25, 0.3) is 0 Å². The highest BCUT2D eigenvalue weighted by Crippen LogP contribution is 2.57. The van der Waals surface area contributed by atoms with Gasteiger partial charge >= 0.3 is 0 Å². The lowest BCUT2D eigenvalue weighted by molar-refractivity contribution is -0.0544. The molecule has 0 spiro atoms. The summed E-state index contributed by atoms with van der Waals surface area (Å²) in [5.74, 6) is 0.895. The van der Waals surface area contributed by atoms with Crippen LogP contribution < -0.4 is 0 Å². The summed E-state index contributed by atoms with van der Waals surface area (Å²) in [5, 5.41) is 0. The normalized spacial score (nSPS) is 38.8. The largest absolute Gasteiger partial charge is 0.367 e. The van der Waals surface area contributed by atoms with Crippen molar-refractivity contribution >= 4 is 0 Å². The second-order valence-electron chi connectivity index (χ2n) is 7.20. The molecule has 2 unspecified atom stereocenters. The van der Waals surface area contributed by atoms with Crippen molar-refractivity contribution in [2.24, 2.45) is 11.3 Å². The topological polar surface area (TPSA) is 9.23 Å². The molecule has 3 rings (SSSR count). The zero-order valence-electron chi connectivity index (χ0n) is 11.8. The molecule has 1 heterocycles. The molecule has 0 N–H and O–H groups in total. The lowest BCUT2D eigenvalue weighted by Gasteiger charge is -2.39. The Balaban J connectivity index is 2.08. The molecule has 2 atom stereocenters. The first-order chi connectivity index (χ1) is 7.93. The predicted octanol–water partition coefficient (Wildman–Crippen LogP) is 4.47. The molecule has 1 aliphatic heterocycles. The predicted molar refractivity (Wildman–Crippen MR) is 71.0 cm³/mol. The summed E-state index contributed by atoms with van der Waals surface area (Å²) >= 11 is 0. The van der Waals surface area contributed by atoms with Crippen LogP contribution in [0.1, 0.15) is 66.2 Å². The van der Waals surface area contributed by atoms with Gasteiger partial charge in [0, 0.05) is 5.41 Å². The molecular weight excluding hydrogens is 208 g/mol. The molecule has 1 nitrogen and oxygen atoms in total. The van der Waals surface area contributed by atoms with Crippen LogP contribution in [0.15, 0.2) is 11.1 Å². The van der Waals surface area contributed by atoms with Crippen LogP contribution in [-0.2, 0) is 4.74 Å². The van der Waals surface area contributed by atoms with Crippen LogP contribution in [0.4, 0.5) is 0 Å². The van der Waals surface area contributed by atoms with Gasteiger partial charge in [0.05, 0.1) is 11.7 Å². The summed E-state index contributed by atoms with van der Waals surface area (Å²) < 4.78 is 6.36. The first-order valence-corrected chi connectivity index (χ1v) is 7.35. The Morgan fingerprint density at radius 3 is 2.53 bits per heavy atom. The van der Waals surface area contributed by atoms with Crippen molar-refractivity contribution < 1.29 is 4.74 Å². The zero-order chi connectivity index (χ0) is 12.3. The van der Waals surface area contributed by atoms with Crippen LogP contribution >= 0.6 is 0 Å². The lowest BCUT2D eigenvalue weighted by Crippen LogP contribution is -2.36.